The van der Waals surface area contributed by atoms with E-state index in [2.05, 4.69) is 36.7 Å². The Morgan fingerprint density at radius 3 is 2.84 bits per heavy atom. The Bertz CT molecular complexity index is 557. The highest BCUT2D eigenvalue weighted by Crippen LogP contribution is 2.25. The van der Waals surface area contributed by atoms with Crippen LogP contribution in [0.3, 0.4) is 0 Å². The summed E-state index contributed by atoms with van der Waals surface area (Å²) >= 11 is 3.20. The zero-order valence-electron chi connectivity index (χ0n) is 10.8. The van der Waals surface area contributed by atoms with Gasteiger partial charge in [-0.2, -0.15) is 4.80 Å². The van der Waals surface area contributed by atoms with Crippen molar-refractivity contribution in [2.75, 3.05) is 13.6 Å². The standard InChI is InChI=1S/C12H15BrFN5/c1-8-16-18-19(17-8)12(5-6-15-2)9-3-4-11(14)10(13)7-9/h3-4,7,12,15H,5-6H2,1-2H3. The molecule has 0 bridgehead atoms. The molecular formula is C12H15BrFN5. The van der Waals surface area contributed by atoms with E-state index >= 15 is 0 Å². The first-order valence-electron chi connectivity index (χ1n) is 5.97. The smallest absolute Gasteiger partial charge is 0.171 e. The van der Waals surface area contributed by atoms with Crippen LogP contribution in [0.2, 0.25) is 0 Å². The van der Waals surface area contributed by atoms with Gasteiger partial charge in [0.15, 0.2) is 5.82 Å². The van der Waals surface area contributed by atoms with Crippen LogP contribution in [-0.4, -0.2) is 33.8 Å². The Kier molecular flexibility index (Phi) is 4.60. The molecule has 1 aromatic carbocycles. The largest absolute Gasteiger partial charge is 0.320 e. The van der Waals surface area contributed by atoms with Crippen LogP contribution < -0.4 is 5.32 Å². The minimum atomic E-state index is -0.279. The van der Waals surface area contributed by atoms with Crippen molar-refractivity contribution in [1.29, 1.82) is 0 Å². The Morgan fingerprint density at radius 2 is 2.26 bits per heavy atom. The Balaban J connectivity index is 2.33. The lowest BCUT2D eigenvalue weighted by molar-refractivity contribution is 0.420. The highest BCUT2D eigenvalue weighted by atomic mass is 79.9. The molecule has 19 heavy (non-hydrogen) atoms. The molecule has 2 rings (SSSR count). The second-order valence-corrected chi connectivity index (χ2v) is 5.09. The Hall–Kier alpha value is -1.34. The number of tetrazole rings is 1. The van der Waals surface area contributed by atoms with Crippen molar-refractivity contribution in [2.24, 2.45) is 0 Å². The second kappa shape index (κ2) is 6.21. The topological polar surface area (TPSA) is 55.6 Å². The number of hydrogen-bond donors (Lipinski definition) is 1. The van der Waals surface area contributed by atoms with Crippen molar-refractivity contribution in [3.8, 4) is 0 Å². The van der Waals surface area contributed by atoms with Gasteiger partial charge in [-0.3, -0.25) is 0 Å². The summed E-state index contributed by atoms with van der Waals surface area (Å²) in [4.78, 5) is 1.58. The number of aryl methyl sites for hydroxylation is 1. The summed E-state index contributed by atoms with van der Waals surface area (Å²) in [5.41, 5.74) is 0.945. The molecule has 0 amide bonds. The molecule has 1 aromatic heterocycles. The summed E-state index contributed by atoms with van der Waals surface area (Å²) < 4.78 is 13.8. The molecule has 0 radical (unpaired) electrons. The number of rotatable bonds is 5. The SMILES string of the molecule is CNCCC(c1ccc(F)c(Br)c1)n1nnc(C)n1. The fourth-order valence-corrected chi connectivity index (χ4v) is 2.24. The van der Waals surface area contributed by atoms with Gasteiger partial charge in [-0.1, -0.05) is 6.07 Å². The molecule has 0 aliphatic carbocycles. The summed E-state index contributed by atoms with van der Waals surface area (Å²) in [5, 5.41) is 15.3. The van der Waals surface area contributed by atoms with E-state index in [0.717, 1.165) is 18.5 Å². The van der Waals surface area contributed by atoms with Gasteiger partial charge in [0.05, 0.1) is 10.5 Å². The number of aromatic nitrogens is 4. The predicted octanol–water partition coefficient (Wildman–Crippen LogP) is 2.08. The molecule has 7 heteroatoms. The molecule has 0 spiro atoms. The lowest BCUT2D eigenvalue weighted by Gasteiger charge is -2.16. The van der Waals surface area contributed by atoms with Crippen LogP contribution >= 0.6 is 15.9 Å². The van der Waals surface area contributed by atoms with Gasteiger partial charge in [0.2, 0.25) is 0 Å². The lowest BCUT2D eigenvalue weighted by atomic mass is 10.0. The van der Waals surface area contributed by atoms with E-state index in [-0.39, 0.29) is 11.9 Å². The summed E-state index contributed by atoms with van der Waals surface area (Å²) in [6.07, 6.45) is 0.796. The first kappa shape index (κ1) is 14.1. The lowest BCUT2D eigenvalue weighted by Crippen LogP contribution is -2.20. The van der Waals surface area contributed by atoms with Gasteiger partial charge in [0, 0.05) is 0 Å². The quantitative estimate of drug-likeness (QED) is 0.913. The van der Waals surface area contributed by atoms with Gasteiger partial charge >= 0.3 is 0 Å². The van der Waals surface area contributed by atoms with Gasteiger partial charge in [0.25, 0.3) is 0 Å². The predicted molar refractivity (Wildman–Crippen MR) is 73.3 cm³/mol. The van der Waals surface area contributed by atoms with Gasteiger partial charge in [-0.05, 0) is 65.8 Å². The summed E-state index contributed by atoms with van der Waals surface area (Å²) in [5.74, 6) is 0.342. The molecule has 0 aliphatic rings. The number of nitrogens with zero attached hydrogens (tertiary/aromatic N) is 4. The van der Waals surface area contributed by atoms with Crippen LogP contribution in [0.1, 0.15) is 23.9 Å². The van der Waals surface area contributed by atoms with Crippen LogP contribution in [0.4, 0.5) is 4.39 Å². The third-order valence-corrected chi connectivity index (χ3v) is 3.41. The van der Waals surface area contributed by atoms with E-state index in [1.807, 2.05) is 7.05 Å². The van der Waals surface area contributed by atoms with Crippen molar-refractivity contribution in [1.82, 2.24) is 25.5 Å². The zero-order valence-corrected chi connectivity index (χ0v) is 12.4. The summed E-state index contributed by atoms with van der Waals surface area (Å²) in [6.45, 7) is 2.60. The minimum Gasteiger partial charge on any atom is -0.320 e. The first-order valence-corrected chi connectivity index (χ1v) is 6.76. The second-order valence-electron chi connectivity index (χ2n) is 4.24. The average Bonchev–Trinajstić information content (AvgIpc) is 2.80. The van der Waals surface area contributed by atoms with E-state index in [1.54, 1.807) is 23.9 Å². The Labute approximate surface area is 119 Å². The fraction of sp³-hybridized carbons (Fsp3) is 0.417. The van der Waals surface area contributed by atoms with Crippen LogP contribution in [0, 0.1) is 12.7 Å². The maximum atomic E-state index is 13.3. The first-order chi connectivity index (χ1) is 9.11. The van der Waals surface area contributed by atoms with Crippen molar-refractivity contribution in [3.63, 3.8) is 0 Å². The number of nitrogens with one attached hydrogen (secondary N) is 1. The molecule has 102 valence electrons. The molecule has 0 aliphatic heterocycles. The fourth-order valence-electron chi connectivity index (χ4n) is 1.85. The van der Waals surface area contributed by atoms with Crippen LogP contribution in [0.25, 0.3) is 0 Å². The number of benzene rings is 1. The third kappa shape index (κ3) is 3.36. The van der Waals surface area contributed by atoms with E-state index in [9.17, 15) is 4.39 Å². The molecule has 1 heterocycles. The number of hydrogen-bond acceptors (Lipinski definition) is 4. The van der Waals surface area contributed by atoms with Crippen LogP contribution in [0.5, 0.6) is 0 Å². The molecule has 0 saturated heterocycles. The maximum Gasteiger partial charge on any atom is 0.171 e. The molecule has 1 N–H and O–H groups in total. The van der Waals surface area contributed by atoms with Gasteiger partial charge < -0.3 is 5.32 Å². The van der Waals surface area contributed by atoms with Gasteiger partial charge in [-0.25, -0.2) is 4.39 Å². The zero-order chi connectivity index (χ0) is 13.8. The summed E-state index contributed by atoms with van der Waals surface area (Å²) in [6, 6.07) is 4.88. The van der Waals surface area contributed by atoms with Gasteiger partial charge in [0.1, 0.15) is 5.82 Å². The number of halogens is 2. The monoisotopic (exact) mass is 327 g/mol. The third-order valence-electron chi connectivity index (χ3n) is 2.80. The van der Waals surface area contributed by atoms with E-state index in [0.29, 0.717) is 10.3 Å². The maximum absolute atomic E-state index is 13.3. The molecule has 0 fully saturated rings. The highest BCUT2D eigenvalue weighted by Gasteiger charge is 2.17. The van der Waals surface area contributed by atoms with Crippen molar-refractivity contribution in [3.05, 3.63) is 39.9 Å². The molecule has 1 unspecified atom stereocenters. The van der Waals surface area contributed by atoms with Gasteiger partial charge in [-0.15, -0.1) is 10.2 Å². The Morgan fingerprint density at radius 1 is 1.47 bits per heavy atom. The van der Waals surface area contributed by atoms with Crippen LogP contribution in [-0.2, 0) is 0 Å². The van der Waals surface area contributed by atoms with Crippen molar-refractivity contribution >= 4 is 15.9 Å². The van der Waals surface area contributed by atoms with Crippen molar-refractivity contribution < 1.29 is 4.39 Å². The molecule has 2 aromatic rings. The molecule has 0 saturated carbocycles. The molecular weight excluding hydrogens is 313 g/mol. The van der Waals surface area contributed by atoms with E-state index in [1.165, 1.54) is 6.07 Å². The average molecular weight is 328 g/mol. The van der Waals surface area contributed by atoms with E-state index in [4.69, 9.17) is 0 Å². The minimum absolute atomic E-state index is 0.0643. The molecule has 1 atom stereocenters. The van der Waals surface area contributed by atoms with Crippen LogP contribution in [0.15, 0.2) is 22.7 Å². The van der Waals surface area contributed by atoms with Crippen molar-refractivity contribution in [2.45, 2.75) is 19.4 Å². The highest BCUT2D eigenvalue weighted by molar-refractivity contribution is 9.10. The summed E-state index contributed by atoms with van der Waals surface area (Å²) in [7, 11) is 1.89. The van der Waals surface area contributed by atoms with E-state index < -0.39 is 0 Å². The normalized spacial score (nSPS) is 12.6. The molecule has 5 nitrogen and oxygen atoms in total.